The van der Waals surface area contributed by atoms with Crippen LogP contribution >= 0.6 is 0 Å². The zero-order chi connectivity index (χ0) is 28.8. The Morgan fingerprint density at radius 3 is 2.68 bits per heavy atom. The smallest absolute Gasteiger partial charge is 0.255 e. The zero-order valence-electron chi connectivity index (χ0n) is 23.3. The second-order valence-electron chi connectivity index (χ2n) is 10.0. The van der Waals surface area contributed by atoms with Crippen molar-refractivity contribution in [2.24, 2.45) is 0 Å². The van der Waals surface area contributed by atoms with Crippen LogP contribution in [-0.2, 0) is 16.0 Å². The molecule has 1 atom stereocenters. The van der Waals surface area contributed by atoms with Crippen molar-refractivity contribution in [2.75, 3.05) is 40.5 Å². The van der Waals surface area contributed by atoms with Crippen LogP contribution in [0.2, 0.25) is 0 Å². The van der Waals surface area contributed by atoms with Gasteiger partial charge in [-0.15, -0.1) is 0 Å². The molecule has 10 nitrogen and oxygen atoms in total. The molecular formula is C31H34N4O6. The van der Waals surface area contributed by atoms with Crippen LogP contribution in [0.3, 0.4) is 0 Å². The number of benzene rings is 2. The molecule has 3 aromatic rings. The Balaban J connectivity index is 1.49. The van der Waals surface area contributed by atoms with Crippen LogP contribution in [0.4, 0.5) is 0 Å². The Morgan fingerprint density at radius 2 is 1.90 bits per heavy atom. The van der Waals surface area contributed by atoms with Crippen LogP contribution in [0.1, 0.15) is 46.8 Å². The maximum absolute atomic E-state index is 13.2. The summed E-state index contributed by atoms with van der Waals surface area (Å²) in [6.07, 6.45) is 4.58. The second kappa shape index (κ2) is 12.7. The predicted molar refractivity (Wildman–Crippen MR) is 152 cm³/mol. The molecule has 0 fully saturated rings. The first-order valence-electron chi connectivity index (χ1n) is 13.7. The van der Waals surface area contributed by atoms with E-state index in [1.165, 1.54) is 6.20 Å². The van der Waals surface area contributed by atoms with Crippen LogP contribution in [0.15, 0.2) is 54.9 Å². The van der Waals surface area contributed by atoms with Crippen molar-refractivity contribution in [2.45, 2.75) is 31.7 Å². The molecule has 2 aliphatic rings. The molecule has 2 aromatic carbocycles. The summed E-state index contributed by atoms with van der Waals surface area (Å²) in [7, 11) is 3.18. The van der Waals surface area contributed by atoms with E-state index in [4.69, 9.17) is 14.2 Å². The van der Waals surface area contributed by atoms with E-state index < -0.39 is 0 Å². The van der Waals surface area contributed by atoms with Gasteiger partial charge in [0.25, 0.3) is 5.91 Å². The van der Waals surface area contributed by atoms with Crippen LogP contribution in [0, 0.1) is 0 Å². The molecule has 3 heterocycles. The van der Waals surface area contributed by atoms with E-state index in [1.807, 2.05) is 30.3 Å². The highest BCUT2D eigenvalue weighted by Gasteiger charge is 2.26. The Kier molecular flexibility index (Phi) is 8.67. The fraction of sp³-hybridized carbons (Fsp3) is 0.355. The predicted octanol–water partition coefficient (Wildman–Crippen LogP) is 3.30. The molecule has 0 saturated heterocycles. The monoisotopic (exact) mass is 558 g/mol. The van der Waals surface area contributed by atoms with E-state index in [0.29, 0.717) is 42.3 Å². The number of nitrogens with zero attached hydrogens (tertiary/aromatic N) is 2. The minimum absolute atomic E-state index is 0.111. The quantitative estimate of drug-likeness (QED) is 0.506. The summed E-state index contributed by atoms with van der Waals surface area (Å²) in [5.41, 5.74) is 3.92. The number of hydrogen-bond donors (Lipinski definition) is 2. The molecule has 41 heavy (non-hydrogen) atoms. The number of amides is 3. The molecule has 0 aliphatic carbocycles. The third-order valence-electron chi connectivity index (χ3n) is 7.38. The molecule has 214 valence electrons. The Bertz CT molecular complexity index is 1430. The van der Waals surface area contributed by atoms with Gasteiger partial charge in [-0.05, 0) is 53.9 Å². The van der Waals surface area contributed by atoms with Gasteiger partial charge < -0.3 is 29.7 Å². The molecule has 1 unspecified atom stereocenters. The van der Waals surface area contributed by atoms with Gasteiger partial charge in [-0.1, -0.05) is 6.07 Å². The van der Waals surface area contributed by atoms with Gasteiger partial charge in [-0.25, -0.2) is 0 Å². The van der Waals surface area contributed by atoms with Crippen LogP contribution in [-0.4, -0.2) is 68.1 Å². The van der Waals surface area contributed by atoms with Crippen molar-refractivity contribution in [3.63, 3.8) is 0 Å². The summed E-state index contributed by atoms with van der Waals surface area (Å²) in [6.45, 7) is 1.20. The highest BCUT2D eigenvalue weighted by molar-refractivity contribution is 5.94. The maximum atomic E-state index is 13.2. The first-order chi connectivity index (χ1) is 20.0. The molecule has 0 saturated carbocycles. The lowest BCUT2D eigenvalue weighted by atomic mass is 9.93. The number of ether oxygens (including phenoxy) is 3. The largest absolute Gasteiger partial charge is 0.493 e. The first-order valence-corrected chi connectivity index (χ1v) is 13.7. The van der Waals surface area contributed by atoms with E-state index in [-0.39, 0.29) is 56.2 Å². The fourth-order valence-corrected chi connectivity index (χ4v) is 5.26. The van der Waals surface area contributed by atoms with Gasteiger partial charge in [-0.2, -0.15) is 0 Å². The van der Waals surface area contributed by atoms with Gasteiger partial charge in [0, 0.05) is 62.4 Å². The summed E-state index contributed by atoms with van der Waals surface area (Å²) in [6, 6.07) is 12.9. The van der Waals surface area contributed by atoms with Gasteiger partial charge in [-0.3, -0.25) is 19.4 Å². The molecule has 5 rings (SSSR count). The number of pyridine rings is 1. The molecule has 2 N–H and O–H groups in total. The van der Waals surface area contributed by atoms with Gasteiger partial charge in [0.2, 0.25) is 11.8 Å². The van der Waals surface area contributed by atoms with Crippen molar-refractivity contribution < 1.29 is 28.6 Å². The van der Waals surface area contributed by atoms with E-state index in [9.17, 15) is 14.4 Å². The lowest BCUT2D eigenvalue weighted by molar-refractivity contribution is -0.123. The Labute approximate surface area is 239 Å². The van der Waals surface area contributed by atoms with Gasteiger partial charge >= 0.3 is 0 Å². The number of rotatable bonds is 3. The maximum Gasteiger partial charge on any atom is 0.255 e. The number of carbonyl (C=O) groups excluding carboxylic acids is 3. The fourth-order valence-electron chi connectivity index (χ4n) is 5.26. The molecule has 0 radical (unpaired) electrons. The average molecular weight is 559 g/mol. The number of methoxy groups -OCH3 is 2. The van der Waals surface area contributed by atoms with Crippen LogP contribution < -0.4 is 24.8 Å². The van der Waals surface area contributed by atoms with Crippen LogP contribution in [0.25, 0.3) is 11.1 Å². The molecule has 1 aromatic heterocycles. The Morgan fingerprint density at radius 1 is 1.02 bits per heavy atom. The van der Waals surface area contributed by atoms with Crippen molar-refractivity contribution in [3.05, 3.63) is 71.5 Å². The number of aryl methyl sites for hydroxylation is 1. The summed E-state index contributed by atoms with van der Waals surface area (Å²) in [4.78, 5) is 44.7. The molecule has 0 spiro atoms. The van der Waals surface area contributed by atoms with Crippen molar-refractivity contribution in [1.29, 1.82) is 0 Å². The molecule has 2 aliphatic heterocycles. The van der Waals surface area contributed by atoms with E-state index in [2.05, 4.69) is 15.6 Å². The lowest BCUT2D eigenvalue weighted by Gasteiger charge is -2.28. The van der Waals surface area contributed by atoms with Crippen molar-refractivity contribution in [3.8, 4) is 28.4 Å². The summed E-state index contributed by atoms with van der Waals surface area (Å²) >= 11 is 0. The first kappa shape index (κ1) is 27.9. The minimum Gasteiger partial charge on any atom is -0.493 e. The van der Waals surface area contributed by atoms with E-state index in [1.54, 1.807) is 37.4 Å². The van der Waals surface area contributed by atoms with Gasteiger partial charge in [0.05, 0.1) is 32.4 Å². The highest BCUT2D eigenvalue weighted by atomic mass is 16.5. The average Bonchev–Trinajstić information content (AvgIpc) is 3.00. The van der Waals surface area contributed by atoms with E-state index >= 15 is 0 Å². The second-order valence-corrected chi connectivity index (χ2v) is 10.0. The number of aromatic nitrogens is 1. The third-order valence-corrected chi connectivity index (χ3v) is 7.38. The summed E-state index contributed by atoms with van der Waals surface area (Å²) in [5, 5.41) is 6.05. The third kappa shape index (κ3) is 6.42. The standard InChI is InChI=1S/C31H34N4O6/c1-39-27-17-20-5-8-28(36)33-12-14-35(31(38)22-4-3-11-32-19-22)13-9-29(37)34-25-10-15-41-26-7-6-21(18-24(25)26)23(16-20)30(27)40-2/h3-4,6-7,11,16-19,25H,5,8-10,12-15H2,1-2H3,(H,33,36)(H,34,37). The summed E-state index contributed by atoms with van der Waals surface area (Å²) < 4.78 is 17.3. The minimum atomic E-state index is -0.247. The number of carbonyl (C=O) groups is 3. The topological polar surface area (TPSA) is 119 Å². The highest BCUT2D eigenvalue weighted by Crippen LogP contribution is 2.42. The zero-order valence-corrected chi connectivity index (χ0v) is 23.3. The van der Waals surface area contributed by atoms with Gasteiger partial charge in [0.1, 0.15) is 5.75 Å². The molecule has 10 heteroatoms. The van der Waals surface area contributed by atoms with Crippen LogP contribution in [0.5, 0.6) is 17.2 Å². The molecule has 3 amide bonds. The molecular weight excluding hydrogens is 524 g/mol. The lowest BCUT2D eigenvalue weighted by Crippen LogP contribution is -2.41. The Hall–Kier alpha value is -4.60. The van der Waals surface area contributed by atoms with E-state index in [0.717, 1.165) is 22.3 Å². The SMILES string of the molecule is COc1cc2cc(c1OC)-c1ccc3c(c1)C(CCO3)NC(=O)CCN(C(=O)c1cccnc1)CCNC(=O)CC2. The number of hydrogen-bond acceptors (Lipinski definition) is 7. The van der Waals surface area contributed by atoms with Gasteiger partial charge in [0.15, 0.2) is 11.5 Å². The normalized spacial score (nSPS) is 17.7. The van der Waals surface area contributed by atoms with Crippen molar-refractivity contribution in [1.82, 2.24) is 20.5 Å². The van der Waals surface area contributed by atoms with Crippen molar-refractivity contribution >= 4 is 17.7 Å². The number of nitrogens with one attached hydrogen (secondary N) is 2. The summed E-state index contributed by atoms with van der Waals surface area (Å²) in [5.74, 6) is 1.32. The number of fused-ring (bicyclic) bond motifs is 4. The molecule has 4 bridgehead atoms.